The van der Waals surface area contributed by atoms with Gasteiger partial charge in [-0.3, -0.25) is 4.79 Å². The number of hydrogen-bond donors (Lipinski definition) is 0. The van der Waals surface area contributed by atoms with Crippen LogP contribution in [0, 0.1) is 0 Å². The van der Waals surface area contributed by atoms with E-state index in [0.29, 0.717) is 0 Å². The van der Waals surface area contributed by atoms with E-state index in [0.717, 1.165) is 19.3 Å². The Labute approximate surface area is 99.9 Å². The van der Waals surface area contributed by atoms with Gasteiger partial charge in [0.2, 0.25) is 0 Å². The first-order chi connectivity index (χ1) is 6.40. The fourth-order valence-corrected chi connectivity index (χ4v) is 1.81. The number of halogens is 1. The van der Waals surface area contributed by atoms with E-state index in [1.54, 1.807) is 0 Å². The normalized spacial score (nSPS) is 24.3. The minimum atomic E-state index is -0.358. The molecule has 14 heavy (non-hydrogen) atoms. The zero-order valence-corrected chi connectivity index (χ0v) is 11.4. The molecular formula is C11H19IO2. The van der Waals surface area contributed by atoms with Gasteiger partial charge in [-0.2, -0.15) is 0 Å². The average molecular weight is 310 g/mol. The quantitative estimate of drug-likeness (QED) is 0.453. The van der Waals surface area contributed by atoms with Gasteiger partial charge in [-0.05, 0) is 46.0 Å². The van der Waals surface area contributed by atoms with Crippen molar-refractivity contribution in [2.75, 3.05) is 0 Å². The summed E-state index contributed by atoms with van der Waals surface area (Å²) in [5, 5.41) is 0. The third kappa shape index (κ3) is 2.84. The Morgan fingerprint density at radius 3 is 2.43 bits per heavy atom. The van der Waals surface area contributed by atoms with Crippen molar-refractivity contribution in [3.05, 3.63) is 0 Å². The third-order valence-corrected chi connectivity index (χ3v) is 4.29. The Hall–Kier alpha value is 0.200. The Kier molecular flexibility index (Phi) is 3.83. The first-order valence-corrected chi connectivity index (χ1v) is 6.40. The van der Waals surface area contributed by atoms with Crippen LogP contribution in [0.2, 0.25) is 0 Å². The van der Waals surface area contributed by atoms with Gasteiger partial charge in [0.05, 0.1) is 0 Å². The summed E-state index contributed by atoms with van der Waals surface area (Å²) in [5.74, 6) is -0.0509. The first-order valence-electron chi connectivity index (χ1n) is 5.32. The molecule has 1 atom stereocenters. The second kappa shape index (κ2) is 4.37. The van der Waals surface area contributed by atoms with Crippen molar-refractivity contribution in [1.82, 2.24) is 0 Å². The molecule has 1 unspecified atom stereocenters. The molecular weight excluding hydrogens is 291 g/mol. The van der Waals surface area contributed by atoms with Crippen LogP contribution >= 0.6 is 22.6 Å². The second-order valence-electron chi connectivity index (χ2n) is 4.60. The Morgan fingerprint density at radius 1 is 1.50 bits per heavy atom. The van der Waals surface area contributed by atoms with Gasteiger partial charge in [-0.1, -0.05) is 29.5 Å². The average Bonchev–Trinajstić information content (AvgIpc) is 2.52. The molecule has 2 nitrogen and oxygen atoms in total. The van der Waals surface area contributed by atoms with E-state index in [2.05, 4.69) is 29.5 Å². The number of carbonyl (C=O) groups is 1. The largest absolute Gasteiger partial charge is 0.458 e. The highest BCUT2D eigenvalue weighted by atomic mass is 127. The maximum absolute atomic E-state index is 11.8. The van der Waals surface area contributed by atoms with Gasteiger partial charge >= 0.3 is 5.97 Å². The lowest BCUT2D eigenvalue weighted by molar-refractivity contribution is -0.159. The van der Waals surface area contributed by atoms with Gasteiger partial charge in [0.1, 0.15) is 9.02 Å². The molecule has 0 aromatic rings. The van der Waals surface area contributed by atoms with Gasteiger partial charge in [0.25, 0.3) is 0 Å². The van der Waals surface area contributed by atoms with Crippen molar-refractivity contribution < 1.29 is 9.53 Å². The summed E-state index contributed by atoms with van der Waals surface area (Å²) >= 11 is 2.18. The summed E-state index contributed by atoms with van der Waals surface area (Å²) in [7, 11) is 0. The third-order valence-electron chi connectivity index (χ3n) is 3.09. The summed E-state index contributed by atoms with van der Waals surface area (Å²) in [5.41, 5.74) is -0.182. The molecule has 0 heterocycles. The number of alkyl halides is 1. The van der Waals surface area contributed by atoms with Gasteiger partial charge < -0.3 is 4.74 Å². The molecule has 1 aliphatic carbocycles. The highest BCUT2D eigenvalue weighted by molar-refractivity contribution is 14.1. The summed E-state index contributed by atoms with van der Waals surface area (Å²) in [6, 6.07) is 0. The zero-order valence-electron chi connectivity index (χ0n) is 9.23. The molecule has 0 spiro atoms. The number of ether oxygens (including phenoxy) is 1. The van der Waals surface area contributed by atoms with Crippen molar-refractivity contribution >= 4 is 28.6 Å². The van der Waals surface area contributed by atoms with Crippen LogP contribution in [0.25, 0.3) is 0 Å². The van der Waals surface area contributed by atoms with Crippen LogP contribution in [-0.2, 0) is 9.53 Å². The van der Waals surface area contributed by atoms with Crippen LogP contribution < -0.4 is 0 Å². The molecule has 0 radical (unpaired) electrons. The molecule has 0 amide bonds. The van der Waals surface area contributed by atoms with E-state index in [9.17, 15) is 4.79 Å². The van der Waals surface area contributed by atoms with E-state index in [1.807, 2.05) is 13.8 Å². The summed E-state index contributed by atoms with van der Waals surface area (Å²) in [4.78, 5) is 11.8. The Morgan fingerprint density at radius 2 is 2.00 bits per heavy atom. The van der Waals surface area contributed by atoms with Crippen molar-refractivity contribution in [3.8, 4) is 0 Å². The number of esters is 1. The van der Waals surface area contributed by atoms with E-state index in [-0.39, 0.29) is 15.0 Å². The van der Waals surface area contributed by atoms with E-state index >= 15 is 0 Å². The van der Waals surface area contributed by atoms with Crippen molar-refractivity contribution in [2.24, 2.45) is 0 Å². The molecule has 0 aliphatic heterocycles. The fourth-order valence-electron chi connectivity index (χ4n) is 1.70. The monoisotopic (exact) mass is 310 g/mol. The van der Waals surface area contributed by atoms with Crippen LogP contribution in [0.15, 0.2) is 0 Å². The van der Waals surface area contributed by atoms with Crippen molar-refractivity contribution in [2.45, 2.75) is 61.9 Å². The highest BCUT2D eigenvalue weighted by Gasteiger charge is 2.38. The van der Waals surface area contributed by atoms with Gasteiger partial charge in [0.15, 0.2) is 0 Å². The SMILES string of the molecule is CCC(C)(I)C(=O)OC1(C)CCCC1. The van der Waals surface area contributed by atoms with Crippen LogP contribution in [0.5, 0.6) is 0 Å². The van der Waals surface area contributed by atoms with Crippen molar-refractivity contribution in [3.63, 3.8) is 0 Å². The van der Waals surface area contributed by atoms with Crippen LogP contribution in [0.1, 0.15) is 52.9 Å². The molecule has 0 saturated heterocycles. The number of carbonyl (C=O) groups excluding carboxylic acids is 1. The molecule has 1 fully saturated rings. The maximum Gasteiger partial charge on any atom is 0.322 e. The van der Waals surface area contributed by atoms with Crippen LogP contribution in [-0.4, -0.2) is 15.0 Å². The van der Waals surface area contributed by atoms with Crippen molar-refractivity contribution in [1.29, 1.82) is 0 Å². The van der Waals surface area contributed by atoms with Crippen LogP contribution in [0.3, 0.4) is 0 Å². The second-order valence-corrected chi connectivity index (χ2v) is 6.98. The number of hydrogen-bond acceptors (Lipinski definition) is 2. The minimum Gasteiger partial charge on any atom is -0.458 e. The van der Waals surface area contributed by atoms with E-state index < -0.39 is 0 Å². The first kappa shape index (κ1) is 12.3. The molecule has 0 aromatic carbocycles. The topological polar surface area (TPSA) is 26.3 Å². The predicted molar refractivity (Wildman–Crippen MR) is 65.7 cm³/mol. The molecule has 1 aliphatic rings. The molecule has 0 bridgehead atoms. The van der Waals surface area contributed by atoms with Gasteiger partial charge in [0, 0.05) is 0 Å². The summed E-state index contributed by atoms with van der Waals surface area (Å²) in [6.45, 7) is 6.01. The molecule has 0 N–H and O–H groups in total. The van der Waals surface area contributed by atoms with Crippen LogP contribution in [0.4, 0.5) is 0 Å². The lowest BCUT2D eigenvalue weighted by Crippen LogP contribution is -2.37. The highest BCUT2D eigenvalue weighted by Crippen LogP contribution is 2.35. The Balaban J connectivity index is 2.55. The van der Waals surface area contributed by atoms with E-state index in [1.165, 1.54) is 12.8 Å². The lowest BCUT2D eigenvalue weighted by Gasteiger charge is -2.29. The van der Waals surface area contributed by atoms with Gasteiger partial charge in [-0.15, -0.1) is 0 Å². The molecule has 1 rings (SSSR count). The summed E-state index contributed by atoms with van der Waals surface area (Å²) < 4.78 is 5.25. The maximum atomic E-state index is 11.8. The summed E-state index contributed by atoms with van der Waals surface area (Å²) in [6.07, 6.45) is 5.24. The molecule has 0 aromatic heterocycles. The standard InChI is InChI=1S/C11H19IO2/c1-4-11(3,12)9(13)14-10(2)7-5-6-8-10/h4-8H2,1-3H3. The fraction of sp³-hybridized carbons (Fsp3) is 0.909. The predicted octanol–water partition coefficient (Wildman–Crippen LogP) is 3.47. The minimum absolute atomic E-state index is 0.0509. The number of rotatable bonds is 3. The lowest BCUT2D eigenvalue weighted by atomic mass is 10.0. The molecule has 1 saturated carbocycles. The molecule has 3 heteroatoms. The van der Waals surface area contributed by atoms with Gasteiger partial charge in [-0.25, -0.2) is 0 Å². The molecule has 82 valence electrons. The smallest absolute Gasteiger partial charge is 0.322 e. The van der Waals surface area contributed by atoms with E-state index in [4.69, 9.17) is 4.74 Å². The zero-order chi connectivity index (χ0) is 10.8. The Bertz CT molecular complexity index is 217.